The molecule has 0 aliphatic carbocycles. The Bertz CT molecular complexity index is 458. The first-order chi connectivity index (χ1) is 8.06. The first-order valence-corrected chi connectivity index (χ1v) is 10.2. The molecule has 0 aromatic heterocycles. The molecule has 0 N–H and O–H groups in total. The molecule has 1 unspecified atom stereocenters. The predicted octanol–water partition coefficient (Wildman–Crippen LogP) is 3.40. The minimum Gasteiger partial charge on any atom is -0.286 e. The Hall–Kier alpha value is -0.863. The van der Waals surface area contributed by atoms with Gasteiger partial charge in [0.2, 0.25) is 0 Å². The van der Waals surface area contributed by atoms with Crippen molar-refractivity contribution >= 4 is 8.07 Å². The molecular formula is C15H21NSi. The van der Waals surface area contributed by atoms with Crippen LogP contribution >= 0.6 is 0 Å². The van der Waals surface area contributed by atoms with Crippen LogP contribution < -0.4 is 0 Å². The molecule has 0 bridgehead atoms. The first kappa shape index (κ1) is 11.2. The molecule has 2 heterocycles. The number of nitrogens with zero attached hydrogens (tertiary/aromatic N) is 1. The maximum absolute atomic E-state index is 2.62. The van der Waals surface area contributed by atoms with Crippen molar-refractivity contribution in [2.45, 2.75) is 38.1 Å². The van der Waals surface area contributed by atoms with Gasteiger partial charge in [-0.3, -0.25) is 4.90 Å². The van der Waals surface area contributed by atoms with E-state index in [1.165, 1.54) is 13.0 Å². The van der Waals surface area contributed by atoms with Crippen LogP contribution in [0.1, 0.15) is 17.2 Å². The summed E-state index contributed by atoms with van der Waals surface area (Å²) in [6.07, 6.45) is 3.70. The van der Waals surface area contributed by atoms with Crippen molar-refractivity contribution in [2.75, 3.05) is 6.54 Å². The van der Waals surface area contributed by atoms with Gasteiger partial charge in [-0.2, -0.15) is 0 Å². The number of hydrogen-bond acceptors (Lipinski definition) is 1. The monoisotopic (exact) mass is 243 g/mol. The third-order valence-corrected chi connectivity index (χ3v) is 4.97. The lowest BCUT2D eigenvalue weighted by molar-refractivity contribution is 0.480. The SMILES string of the molecule is C[Si](C)(C)/C=C/[C@@H]1[C@H]2c3ccccc3CCN12. The zero-order chi connectivity index (χ0) is 12.0. The summed E-state index contributed by atoms with van der Waals surface area (Å²) in [6, 6.07) is 10.3. The molecule has 1 aromatic carbocycles. The number of benzene rings is 1. The normalized spacial score (nSPS) is 31.1. The molecule has 3 atom stereocenters. The van der Waals surface area contributed by atoms with E-state index in [1.807, 2.05) is 0 Å². The number of hydrogen-bond donors (Lipinski definition) is 0. The lowest BCUT2D eigenvalue weighted by atomic mass is 9.99. The number of rotatable bonds is 2. The molecule has 90 valence electrons. The Labute approximate surface area is 105 Å². The van der Waals surface area contributed by atoms with Crippen molar-refractivity contribution < 1.29 is 0 Å². The van der Waals surface area contributed by atoms with Crippen molar-refractivity contribution in [3.8, 4) is 0 Å². The van der Waals surface area contributed by atoms with Crippen molar-refractivity contribution in [1.82, 2.24) is 4.90 Å². The molecule has 0 spiro atoms. The average molecular weight is 243 g/mol. The van der Waals surface area contributed by atoms with Gasteiger partial charge in [-0.05, 0) is 17.5 Å². The maximum atomic E-state index is 2.62. The van der Waals surface area contributed by atoms with Crippen LogP contribution in [0.5, 0.6) is 0 Å². The second-order valence-electron chi connectivity index (χ2n) is 6.35. The van der Waals surface area contributed by atoms with Crippen LogP contribution in [0.3, 0.4) is 0 Å². The zero-order valence-electron chi connectivity index (χ0n) is 11.0. The lowest BCUT2D eigenvalue weighted by Gasteiger charge is -2.14. The number of fused-ring (bicyclic) bond motifs is 3. The van der Waals surface area contributed by atoms with Crippen LogP contribution in [-0.4, -0.2) is 25.6 Å². The van der Waals surface area contributed by atoms with E-state index in [2.05, 4.69) is 60.6 Å². The van der Waals surface area contributed by atoms with Crippen LogP contribution in [0.2, 0.25) is 19.6 Å². The van der Waals surface area contributed by atoms with Crippen molar-refractivity contribution in [3.63, 3.8) is 0 Å². The van der Waals surface area contributed by atoms with Gasteiger partial charge in [-0.15, -0.1) is 0 Å². The van der Waals surface area contributed by atoms with Crippen LogP contribution in [-0.2, 0) is 6.42 Å². The van der Waals surface area contributed by atoms with Gasteiger partial charge in [-0.25, -0.2) is 0 Å². The smallest absolute Gasteiger partial charge is 0.0683 e. The topological polar surface area (TPSA) is 3.01 Å². The fourth-order valence-electron chi connectivity index (χ4n) is 2.85. The molecule has 0 amide bonds. The highest BCUT2D eigenvalue weighted by atomic mass is 28.3. The molecule has 2 aliphatic heterocycles. The largest absolute Gasteiger partial charge is 0.286 e. The summed E-state index contributed by atoms with van der Waals surface area (Å²) in [7, 11) is -1.04. The summed E-state index contributed by atoms with van der Waals surface area (Å²) in [5.41, 5.74) is 5.64. The second-order valence-corrected chi connectivity index (χ2v) is 11.4. The predicted molar refractivity (Wildman–Crippen MR) is 75.9 cm³/mol. The van der Waals surface area contributed by atoms with Crippen molar-refractivity contribution in [1.29, 1.82) is 0 Å². The molecule has 2 heteroatoms. The quantitative estimate of drug-likeness (QED) is 0.568. The van der Waals surface area contributed by atoms with E-state index >= 15 is 0 Å². The molecule has 1 fully saturated rings. The van der Waals surface area contributed by atoms with Crippen LogP contribution in [0.15, 0.2) is 36.0 Å². The van der Waals surface area contributed by atoms with Gasteiger partial charge in [-0.1, -0.05) is 55.7 Å². The van der Waals surface area contributed by atoms with Gasteiger partial charge < -0.3 is 0 Å². The van der Waals surface area contributed by atoms with E-state index < -0.39 is 8.07 Å². The van der Waals surface area contributed by atoms with Gasteiger partial charge >= 0.3 is 0 Å². The lowest BCUT2D eigenvalue weighted by Crippen LogP contribution is -2.16. The summed E-state index contributed by atoms with van der Waals surface area (Å²) in [5, 5.41) is 0. The van der Waals surface area contributed by atoms with Gasteiger partial charge in [0.1, 0.15) is 0 Å². The average Bonchev–Trinajstić information content (AvgIpc) is 2.99. The molecular weight excluding hydrogens is 222 g/mol. The Morgan fingerprint density at radius 3 is 2.76 bits per heavy atom. The molecule has 2 aliphatic rings. The minimum atomic E-state index is -1.04. The second kappa shape index (κ2) is 3.82. The van der Waals surface area contributed by atoms with Crippen LogP contribution in [0, 0.1) is 0 Å². The van der Waals surface area contributed by atoms with E-state index in [4.69, 9.17) is 0 Å². The summed E-state index contributed by atoms with van der Waals surface area (Å²) < 4.78 is 0. The summed E-state index contributed by atoms with van der Waals surface area (Å²) >= 11 is 0. The van der Waals surface area contributed by atoms with Crippen molar-refractivity contribution in [2.24, 2.45) is 0 Å². The molecule has 3 rings (SSSR count). The van der Waals surface area contributed by atoms with Crippen LogP contribution in [0.25, 0.3) is 0 Å². The molecule has 0 radical (unpaired) electrons. The van der Waals surface area contributed by atoms with Gasteiger partial charge in [0, 0.05) is 12.6 Å². The Morgan fingerprint density at radius 1 is 1.24 bits per heavy atom. The van der Waals surface area contributed by atoms with E-state index in [-0.39, 0.29) is 0 Å². The first-order valence-electron chi connectivity index (χ1n) is 6.59. The zero-order valence-corrected chi connectivity index (χ0v) is 12.0. The van der Waals surface area contributed by atoms with Gasteiger partial charge in [0.25, 0.3) is 0 Å². The van der Waals surface area contributed by atoms with Crippen molar-refractivity contribution in [3.05, 3.63) is 47.2 Å². The highest BCUT2D eigenvalue weighted by molar-refractivity contribution is 6.80. The molecule has 17 heavy (non-hydrogen) atoms. The highest BCUT2D eigenvalue weighted by Gasteiger charge is 2.49. The summed E-state index contributed by atoms with van der Waals surface area (Å²) in [6.45, 7) is 8.44. The molecule has 1 aromatic rings. The standard InChI is InChI=1S/C15H21NSi/c1-17(2,3)11-9-14-15-13-7-5-4-6-12(13)8-10-16(14)15/h4-7,9,11,14-15H,8,10H2,1-3H3/b11-9+/t14-,15-,16?/m1/s1. The van der Waals surface area contributed by atoms with Gasteiger partial charge in [0.05, 0.1) is 14.1 Å². The summed E-state index contributed by atoms with van der Waals surface area (Å²) in [4.78, 5) is 2.62. The fourth-order valence-corrected chi connectivity index (χ4v) is 3.62. The third kappa shape index (κ3) is 2.12. The fraction of sp³-hybridized carbons (Fsp3) is 0.467. The Morgan fingerprint density at radius 2 is 2.00 bits per heavy atom. The van der Waals surface area contributed by atoms with E-state index in [1.54, 1.807) is 11.1 Å². The highest BCUT2D eigenvalue weighted by Crippen LogP contribution is 2.48. The van der Waals surface area contributed by atoms with E-state index in [9.17, 15) is 0 Å². The van der Waals surface area contributed by atoms with E-state index in [0.717, 1.165) is 0 Å². The Balaban J connectivity index is 1.81. The maximum Gasteiger partial charge on any atom is 0.0683 e. The third-order valence-electron chi connectivity index (χ3n) is 3.78. The molecule has 1 nitrogen and oxygen atoms in total. The molecule has 0 saturated carbocycles. The van der Waals surface area contributed by atoms with E-state index in [0.29, 0.717) is 12.1 Å². The summed E-state index contributed by atoms with van der Waals surface area (Å²) in [5.74, 6) is 0. The minimum absolute atomic E-state index is 0.686. The van der Waals surface area contributed by atoms with Gasteiger partial charge in [0.15, 0.2) is 0 Å². The molecule has 1 saturated heterocycles. The van der Waals surface area contributed by atoms with Crippen LogP contribution in [0.4, 0.5) is 0 Å². The Kier molecular flexibility index (Phi) is 2.53.